The zero-order chi connectivity index (χ0) is 18.9. The fourth-order valence-corrected chi connectivity index (χ4v) is 2.15. The molecule has 0 aliphatic rings. The molecule has 1 amide bonds. The van der Waals surface area contributed by atoms with Crippen LogP contribution in [0.15, 0.2) is 54.6 Å². The van der Waals surface area contributed by atoms with Gasteiger partial charge < -0.3 is 19.9 Å². The second kappa shape index (κ2) is 9.22. The van der Waals surface area contributed by atoms with Crippen molar-refractivity contribution in [2.45, 2.75) is 19.1 Å². The van der Waals surface area contributed by atoms with Crippen molar-refractivity contribution in [2.24, 2.45) is 0 Å². The molecule has 0 saturated heterocycles. The Morgan fingerprint density at radius 1 is 1.04 bits per heavy atom. The maximum absolute atomic E-state index is 12.2. The lowest BCUT2D eigenvalue weighted by atomic mass is 10.1. The topological polar surface area (TPSA) is 102 Å². The number of rotatable bonds is 8. The summed E-state index contributed by atoms with van der Waals surface area (Å²) in [7, 11) is 1.50. The molecular weight excluding hydrogens is 338 g/mol. The van der Waals surface area contributed by atoms with Crippen LogP contribution >= 0.6 is 0 Å². The second-order valence-electron chi connectivity index (χ2n) is 5.44. The molecule has 136 valence electrons. The Bertz CT molecular complexity index is 757. The predicted molar refractivity (Wildman–Crippen MR) is 92.7 cm³/mol. The van der Waals surface area contributed by atoms with Gasteiger partial charge >= 0.3 is 11.9 Å². The summed E-state index contributed by atoms with van der Waals surface area (Å²) in [4.78, 5) is 35.4. The molecule has 0 saturated carbocycles. The third kappa shape index (κ3) is 5.62. The number of amides is 1. The van der Waals surface area contributed by atoms with Gasteiger partial charge in [-0.1, -0.05) is 30.3 Å². The molecule has 0 bridgehead atoms. The molecule has 1 unspecified atom stereocenters. The molecular formula is C19H19NO6. The molecule has 2 aromatic rings. The van der Waals surface area contributed by atoms with Crippen molar-refractivity contribution in [3.8, 4) is 5.75 Å². The van der Waals surface area contributed by atoms with Gasteiger partial charge in [0.1, 0.15) is 18.4 Å². The highest BCUT2D eigenvalue weighted by Gasteiger charge is 2.24. The number of aliphatic carboxylic acids is 1. The molecule has 0 aliphatic heterocycles. The Morgan fingerprint density at radius 2 is 1.69 bits per heavy atom. The average Bonchev–Trinajstić information content (AvgIpc) is 2.66. The SMILES string of the molecule is COc1ccc(C(=O)NC(CC(=O)OCc2ccccc2)C(=O)O)cc1. The zero-order valence-electron chi connectivity index (χ0n) is 14.2. The summed E-state index contributed by atoms with van der Waals surface area (Å²) in [5, 5.41) is 11.6. The number of methoxy groups -OCH3 is 1. The number of hydrogen-bond acceptors (Lipinski definition) is 5. The van der Waals surface area contributed by atoms with Crippen LogP contribution in [0, 0.1) is 0 Å². The van der Waals surface area contributed by atoms with E-state index in [9.17, 15) is 19.5 Å². The fourth-order valence-electron chi connectivity index (χ4n) is 2.15. The van der Waals surface area contributed by atoms with E-state index in [1.165, 1.54) is 19.2 Å². The lowest BCUT2D eigenvalue weighted by molar-refractivity contribution is -0.150. The van der Waals surface area contributed by atoms with E-state index in [1.54, 1.807) is 36.4 Å². The van der Waals surface area contributed by atoms with E-state index in [2.05, 4.69) is 5.32 Å². The third-order valence-electron chi connectivity index (χ3n) is 3.57. The summed E-state index contributed by atoms with van der Waals surface area (Å²) in [5.74, 6) is -2.06. The zero-order valence-corrected chi connectivity index (χ0v) is 14.2. The first-order chi connectivity index (χ1) is 12.5. The first-order valence-corrected chi connectivity index (χ1v) is 7.87. The minimum absolute atomic E-state index is 0.0401. The summed E-state index contributed by atoms with van der Waals surface area (Å²) in [6.45, 7) is 0.0401. The maximum Gasteiger partial charge on any atom is 0.326 e. The fraction of sp³-hybridized carbons (Fsp3) is 0.211. The van der Waals surface area contributed by atoms with E-state index in [-0.39, 0.29) is 12.2 Å². The molecule has 0 aromatic heterocycles. The molecule has 2 aromatic carbocycles. The van der Waals surface area contributed by atoms with Crippen LogP contribution in [0.4, 0.5) is 0 Å². The van der Waals surface area contributed by atoms with Crippen molar-refractivity contribution in [1.82, 2.24) is 5.32 Å². The number of hydrogen-bond donors (Lipinski definition) is 2. The van der Waals surface area contributed by atoms with Crippen molar-refractivity contribution in [3.63, 3.8) is 0 Å². The molecule has 2 N–H and O–H groups in total. The molecule has 0 radical (unpaired) electrons. The highest BCUT2D eigenvalue weighted by molar-refractivity contribution is 5.97. The second-order valence-corrected chi connectivity index (χ2v) is 5.44. The van der Waals surface area contributed by atoms with Gasteiger partial charge in [-0.2, -0.15) is 0 Å². The van der Waals surface area contributed by atoms with Gasteiger partial charge in [0.15, 0.2) is 0 Å². The van der Waals surface area contributed by atoms with Crippen molar-refractivity contribution in [1.29, 1.82) is 0 Å². The van der Waals surface area contributed by atoms with E-state index in [0.29, 0.717) is 5.75 Å². The van der Waals surface area contributed by atoms with Gasteiger partial charge in [-0.3, -0.25) is 9.59 Å². The summed E-state index contributed by atoms with van der Waals surface area (Å²) < 4.78 is 10.1. The summed E-state index contributed by atoms with van der Waals surface area (Å²) in [5.41, 5.74) is 1.05. The third-order valence-corrected chi connectivity index (χ3v) is 3.57. The van der Waals surface area contributed by atoms with Gasteiger partial charge in [0.25, 0.3) is 5.91 Å². The van der Waals surface area contributed by atoms with Gasteiger partial charge in [-0.15, -0.1) is 0 Å². The lowest BCUT2D eigenvalue weighted by Gasteiger charge is -2.14. The van der Waals surface area contributed by atoms with Gasteiger partial charge in [0.05, 0.1) is 13.5 Å². The van der Waals surface area contributed by atoms with Crippen molar-refractivity contribution < 1.29 is 29.0 Å². The Balaban J connectivity index is 1.91. The van der Waals surface area contributed by atoms with Crippen LogP contribution < -0.4 is 10.1 Å². The van der Waals surface area contributed by atoms with Crippen LogP contribution in [0.5, 0.6) is 5.75 Å². The summed E-state index contributed by atoms with van der Waals surface area (Å²) >= 11 is 0. The lowest BCUT2D eigenvalue weighted by Crippen LogP contribution is -2.42. The minimum atomic E-state index is -1.38. The number of carbonyl (C=O) groups is 3. The molecule has 0 spiro atoms. The van der Waals surface area contributed by atoms with E-state index in [4.69, 9.17) is 9.47 Å². The number of carboxylic acids is 1. The molecule has 26 heavy (non-hydrogen) atoms. The van der Waals surface area contributed by atoms with Crippen molar-refractivity contribution in [3.05, 3.63) is 65.7 Å². The number of carbonyl (C=O) groups excluding carboxylic acids is 2. The number of benzene rings is 2. The van der Waals surface area contributed by atoms with Crippen molar-refractivity contribution in [2.75, 3.05) is 7.11 Å². The molecule has 1 atom stereocenters. The number of esters is 1. The first-order valence-electron chi connectivity index (χ1n) is 7.87. The van der Waals surface area contributed by atoms with Crippen LogP contribution in [0.2, 0.25) is 0 Å². The molecule has 7 heteroatoms. The van der Waals surface area contributed by atoms with Crippen LogP contribution in [0.3, 0.4) is 0 Å². The summed E-state index contributed by atoms with van der Waals surface area (Å²) in [6.07, 6.45) is -0.468. The summed E-state index contributed by atoms with van der Waals surface area (Å²) in [6, 6.07) is 13.8. The smallest absolute Gasteiger partial charge is 0.326 e. The number of nitrogens with one attached hydrogen (secondary N) is 1. The molecule has 7 nitrogen and oxygen atoms in total. The van der Waals surface area contributed by atoms with E-state index >= 15 is 0 Å². The van der Waals surface area contributed by atoms with Gasteiger partial charge in [0, 0.05) is 5.56 Å². The van der Waals surface area contributed by atoms with E-state index in [1.807, 2.05) is 6.07 Å². The predicted octanol–water partition coefficient (Wildman–Crippen LogP) is 2.01. The van der Waals surface area contributed by atoms with Gasteiger partial charge in [0.2, 0.25) is 0 Å². The molecule has 0 fully saturated rings. The average molecular weight is 357 g/mol. The first kappa shape index (κ1) is 19.0. The van der Waals surface area contributed by atoms with Crippen LogP contribution in [-0.4, -0.2) is 36.1 Å². The number of ether oxygens (including phenoxy) is 2. The Morgan fingerprint density at radius 3 is 2.27 bits per heavy atom. The Kier molecular flexibility index (Phi) is 6.73. The molecule has 0 aliphatic carbocycles. The van der Waals surface area contributed by atoms with Crippen LogP contribution in [0.1, 0.15) is 22.3 Å². The minimum Gasteiger partial charge on any atom is -0.497 e. The van der Waals surface area contributed by atoms with E-state index in [0.717, 1.165) is 5.56 Å². The quantitative estimate of drug-likeness (QED) is 0.701. The largest absolute Gasteiger partial charge is 0.497 e. The van der Waals surface area contributed by atoms with E-state index < -0.39 is 30.3 Å². The van der Waals surface area contributed by atoms with Gasteiger partial charge in [-0.25, -0.2) is 4.79 Å². The highest BCUT2D eigenvalue weighted by atomic mass is 16.5. The Labute approximate surface area is 150 Å². The highest BCUT2D eigenvalue weighted by Crippen LogP contribution is 2.11. The monoisotopic (exact) mass is 357 g/mol. The normalized spacial score (nSPS) is 11.3. The van der Waals surface area contributed by atoms with Crippen LogP contribution in [-0.2, 0) is 20.9 Å². The van der Waals surface area contributed by atoms with Crippen molar-refractivity contribution >= 4 is 17.8 Å². The number of carboxylic acid groups (broad SMARTS) is 1. The standard InChI is InChI=1S/C19H19NO6/c1-25-15-9-7-14(8-10-15)18(22)20-16(19(23)24)11-17(21)26-12-13-5-3-2-4-6-13/h2-10,16H,11-12H2,1H3,(H,20,22)(H,23,24). The van der Waals surface area contributed by atoms with Crippen LogP contribution in [0.25, 0.3) is 0 Å². The molecule has 0 heterocycles. The van der Waals surface area contributed by atoms with Gasteiger partial charge in [-0.05, 0) is 29.8 Å². The molecule has 2 rings (SSSR count). The Hall–Kier alpha value is -3.35. The maximum atomic E-state index is 12.2.